The predicted molar refractivity (Wildman–Crippen MR) is 94.6 cm³/mol. The Bertz CT molecular complexity index is 959. The van der Waals surface area contributed by atoms with Crippen molar-refractivity contribution in [2.75, 3.05) is 4.90 Å². The number of urea groups is 1. The highest BCUT2D eigenvalue weighted by Crippen LogP contribution is 2.25. The molecule has 0 radical (unpaired) electrons. The lowest BCUT2D eigenvalue weighted by Crippen LogP contribution is -2.30. The first-order valence-corrected chi connectivity index (χ1v) is 7.80. The number of rotatable bonds is 3. The standard InChI is InChI=1S/C20H14N2O3/c23-19-17(21-20(24)22(19)15-9-5-2-6-10-15)13-16-11-12-18(25-16)14-7-3-1-4-8-14/h1-13H,(H,21,24). The van der Waals surface area contributed by atoms with Crippen molar-refractivity contribution in [3.63, 3.8) is 0 Å². The number of para-hydroxylation sites is 1. The van der Waals surface area contributed by atoms with Crippen LogP contribution in [0.15, 0.2) is 82.9 Å². The maximum absolute atomic E-state index is 12.5. The van der Waals surface area contributed by atoms with E-state index in [4.69, 9.17) is 4.42 Å². The van der Waals surface area contributed by atoms with Crippen molar-refractivity contribution in [1.29, 1.82) is 0 Å². The van der Waals surface area contributed by atoms with Crippen molar-refractivity contribution in [3.05, 3.63) is 84.3 Å². The minimum atomic E-state index is -0.475. The molecule has 0 bridgehead atoms. The Morgan fingerprint density at radius 1 is 0.840 bits per heavy atom. The van der Waals surface area contributed by atoms with Gasteiger partial charge in [0, 0.05) is 11.6 Å². The molecule has 2 heterocycles. The van der Waals surface area contributed by atoms with Gasteiger partial charge in [-0.15, -0.1) is 0 Å². The molecule has 1 aliphatic rings. The number of amides is 3. The number of hydrogen-bond acceptors (Lipinski definition) is 3. The summed E-state index contributed by atoms with van der Waals surface area (Å²) in [5.74, 6) is 0.787. The van der Waals surface area contributed by atoms with Gasteiger partial charge in [0.15, 0.2) is 0 Å². The van der Waals surface area contributed by atoms with Gasteiger partial charge in [-0.1, -0.05) is 48.5 Å². The molecule has 1 saturated heterocycles. The summed E-state index contributed by atoms with van der Waals surface area (Å²) in [4.78, 5) is 25.8. The summed E-state index contributed by atoms with van der Waals surface area (Å²) in [6.07, 6.45) is 1.54. The van der Waals surface area contributed by atoms with E-state index in [0.29, 0.717) is 17.2 Å². The van der Waals surface area contributed by atoms with Crippen LogP contribution in [0.3, 0.4) is 0 Å². The first-order valence-electron chi connectivity index (χ1n) is 7.80. The molecule has 1 N–H and O–H groups in total. The van der Waals surface area contributed by atoms with E-state index in [1.165, 1.54) is 6.08 Å². The molecule has 1 aromatic heterocycles. The first-order chi connectivity index (χ1) is 12.2. The minimum absolute atomic E-state index is 0.183. The normalized spacial score (nSPS) is 15.7. The number of hydrogen-bond donors (Lipinski definition) is 1. The molecule has 3 aromatic rings. The van der Waals surface area contributed by atoms with E-state index in [9.17, 15) is 9.59 Å². The number of anilines is 1. The smallest absolute Gasteiger partial charge is 0.333 e. The minimum Gasteiger partial charge on any atom is -0.457 e. The van der Waals surface area contributed by atoms with E-state index in [2.05, 4.69) is 5.32 Å². The largest absolute Gasteiger partial charge is 0.457 e. The lowest BCUT2D eigenvalue weighted by Gasteiger charge is -2.10. The molecule has 5 nitrogen and oxygen atoms in total. The Morgan fingerprint density at radius 2 is 1.52 bits per heavy atom. The van der Waals surface area contributed by atoms with Gasteiger partial charge >= 0.3 is 6.03 Å². The zero-order valence-electron chi connectivity index (χ0n) is 13.2. The number of imide groups is 1. The topological polar surface area (TPSA) is 62.6 Å². The van der Waals surface area contributed by atoms with Gasteiger partial charge in [0.25, 0.3) is 5.91 Å². The third kappa shape index (κ3) is 2.83. The molecule has 3 amide bonds. The van der Waals surface area contributed by atoms with Crippen molar-refractivity contribution in [1.82, 2.24) is 5.32 Å². The highest BCUT2D eigenvalue weighted by atomic mass is 16.3. The summed E-state index contributed by atoms with van der Waals surface area (Å²) in [7, 11) is 0. The van der Waals surface area contributed by atoms with E-state index >= 15 is 0 Å². The van der Waals surface area contributed by atoms with Gasteiger partial charge in [-0.3, -0.25) is 4.79 Å². The van der Waals surface area contributed by atoms with Crippen molar-refractivity contribution in [2.24, 2.45) is 0 Å². The predicted octanol–water partition coefficient (Wildman–Crippen LogP) is 4.04. The number of benzene rings is 2. The van der Waals surface area contributed by atoms with Gasteiger partial charge in [-0.2, -0.15) is 0 Å². The van der Waals surface area contributed by atoms with E-state index in [0.717, 1.165) is 10.5 Å². The number of carbonyl (C=O) groups is 2. The van der Waals surface area contributed by atoms with Crippen molar-refractivity contribution in [3.8, 4) is 11.3 Å². The molecule has 0 atom stereocenters. The van der Waals surface area contributed by atoms with Crippen LogP contribution >= 0.6 is 0 Å². The Kier molecular flexibility index (Phi) is 3.67. The molecule has 5 heteroatoms. The van der Waals surface area contributed by atoms with E-state index < -0.39 is 11.9 Å². The summed E-state index contributed by atoms with van der Waals surface area (Å²) in [5.41, 5.74) is 1.65. The summed E-state index contributed by atoms with van der Waals surface area (Å²) in [5, 5.41) is 2.59. The van der Waals surface area contributed by atoms with Gasteiger partial charge in [0.1, 0.15) is 17.2 Å². The van der Waals surface area contributed by atoms with E-state index in [-0.39, 0.29) is 5.70 Å². The fourth-order valence-electron chi connectivity index (χ4n) is 2.68. The maximum atomic E-state index is 12.5. The molecule has 0 spiro atoms. The molecule has 0 saturated carbocycles. The third-order valence-electron chi connectivity index (χ3n) is 3.86. The maximum Gasteiger partial charge on any atom is 0.333 e. The van der Waals surface area contributed by atoms with Gasteiger partial charge in [0.2, 0.25) is 0 Å². The van der Waals surface area contributed by atoms with Crippen LogP contribution in [0.1, 0.15) is 5.76 Å². The quantitative estimate of drug-likeness (QED) is 0.582. The number of carbonyl (C=O) groups excluding carboxylic acids is 2. The summed E-state index contributed by atoms with van der Waals surface area (Å²) in [6, 6.07) is 21.6. The van der Waals surface area contributed by atoms with Crippen LogP contribution < -0.4 is 10.2 Å². The number of furan rings is 1. The van der Waals surface area contributed by atoms with Gasteiger partial charge < -0.3 is 9.73 Å². The van der Waals surface area contributed by atoms with Crippen molar-refractivity contribution < 1.29 is 14.0 Å². The second-order valence-corrected chi connectivity index (χ2v) is 5.53. The zero-order valence-corrected chi connectivity index (χ0v) is 13.2. The summed E-state index contributed by atoms with van der Waals surface area (Å²) in [6.45, 7) is 0. The third-order valence-corrected chi connectivity index (χ3v) is 3.86. The molecule has 1 aliphatic heterocycles. The molecular weight excluding hydrogens is 316 g/mol. The lowest BCUT2D eigenvalue weighted by molar-refractivity contribution is -0.113. The fraction of sp³-hybridized carbons (Fsp3) is 0. The zero-order chi connectivity index (χ0) is 17.2. The monoisotopic (exact) mass is 330 g/mol. The van der Waals surface area contributed by atoms with Crippen LogP contribution in [0.4, 0.5) is 10.5 Å². The van der Waals surface area contributed by atoms with Crippen molar-refractivity contribution in [2.45, 2.75) is 0 Å². The van der Waals surface area contributed by atoms with Crippen LogP contribution in [0, 0.1) is 0 Å². The van der Waals surface area contributed by atoms with Gasteiger partial charge in [-0.25, -0.2) is 9.69 Å². The Balaban J connectivity index is 1.62. The molecule has 0 aliphatic carbocycles. The fourth-order valence-corrected chi connectivity index (χ4v) is 2.68. The van der Waals surface area contributed by atoms with Crippen LogP contribution in [0.25, 0.3) is 17.4 Å². The summed E-state index contributed by atoms with van der Waals surface area (Å²) < 4.78 is 5.76. The van der Waals surface area contributed by atoms with Gasteiger partial charge in [0.05, 0.1) is 5.69 Å². The summed E-state index contributed by atoms with van der Waals surface area (Å²) >= 11 is 0. The molecule has 1 fully saturated rings. The van der Waals surface area contributed by atoms with Crippen LogP contribution in [0.2, 0.25) is 0 Å². The van der Waals surface area contributed by atoms with E-state index in [1.54, 1.807) is 30.3 Å². The average Bonchev–Trinajstić information content (AvgIpc) is 3.22. The second-order valence-electron chi connectivity index (χ2n) is 5.53. The van der Waals surface area contributed by atoms with Gasteiger partial charge in [-0.05, 0) is 24.3 Å². The highest BCUT2D eigenvalue weighted by molar-refractivity contribution is 6.28. The Hall–Kier alpha value is -3.60. The number of nitrogens with zero attached hydrogens (tertiary/aromatic N) is 1. The molecule has 25 heavy (non-hydrogen) atoms. The molecule has 2 aromatic carbocycles. The molecule has 0 unspecified atom stereocenters. The van der Waals surface area contributed by atoms with Crippen LogP contribution in [-0.2, 0) is 4.79 Å². The Labute approximate surface area is 144 Å². The van der Waals surface area contributed by atoms with Crippen LogP contribution in [0.5, 0.6) is 0 Å². The van der Waals surface area contributed by atoms with E-state index in [1.807, 2.05) is 42.5 Å². The molecular formula is C20H14N2O3. The second kappa shape index (κ2) is 6.13. The molecule has 4 rings (SSSR count). The van der Waals surface area contributed by atoms with Crippen LogP contribution in [-0.4, -0.2) is 11.9 Å². The molecule has 122 valence electrons. The number of nitrogens with one attached hydrogen (secondary N) is 1. The SMILES string of the molecule is O=C1NC(=Cc2ccc(-c3ccccc3)o2)C(=O)N1c1ccccc1. The lowest BCUT2D eigenvalue weighted by atomic mass is 10.2. The first kappa shape index (κ1) is 15.0. The highest BCUT2D eigenvalue weighted by Gasteiger charge is 2.34. The van der Waals surface area contributed by atoms with Crippen molar-refractivity contribution >= 4 is 23.7 Å². The average molecular weight is 330 g/mol. The Morgan fingerprint density at radius 3 is 2.24 bits per heavy atom.